The van der Waals surface area contributed by atoms with Crippen molar-refractivity contribution in [1.82, 2.24) is 4.31 Å². The van der Waals surface area contributed by atoms with Gasteiger partial charge in [0, 0.05) is 7.05 Å². The predicted molar refractivity (Wildman–Crippen MR) is 61.8 cm³/mol. The van der Waals surface area contributed by atoms with E-state index in [9.17, 15) is 13.2 Å². The molecule has 0 unspecified atom stereocenters. The first-order valence-electron chi connectivity index (χ1n) is 5.08. The molecule has 1 aromatic rings. The van der Waals surface area contributed by atoms with E-state index in [0.717, 1.165) is 9.87 Å². The summed E-state index contributed by atoms with van der Waals surface area (Å²) < 4.78 is 24.1. The van der Waals surface area contributed by atoms with Crippen LogP contribution < -0.4 is 0 Å². The van der Waals surface area contributed by atoms with Crippen molar-refractivity contribution >= 4 is 15.9 Å². The summed E-state index contributed by atoms with van der Waals surface area (Å²) in [5.41, 5.74) is 1.09. The van der Waals surface area contributed by atoms with Gasteiger partial charge in [-0.25, -0.2) is 12.7 Å². The molecule has 0 radical (unpaired) electrons. The van der Waals surface area contributed by atoms with E-state index in [1.165, 1.54) is 13.1 Å². The lowest BCUT2D eigenvalue weighted by Gasteiger charge is -2.05. The highest BCUT2D eigenvalue weighted by Gasteiger charge is 2.38. The number of nitrogens with zero attached hydrogens (tertiary/aromatic N) is 1. The topological polar surface area (TPSA) is 54.5 Å². The van der Waals surface area contributed by atoms with Gasteiger partial charge in [-0.1, -0.05) is 19.9 Å². The molecule has 1 aromatic carbocycles. The minimum absolute atomic E-state index is 0.116. The molecule has 1 heterocycles. The van der Waals surface area contributed by atoms with Crippen molar-refractivity contribution in [2.24, 2.45) is 0 Å². The third-order valence-corrected chi connectivity index (χ3v) is 4.07. The zero-order chi connectivity index (χ0) is 12.5. The second-order valence-electron chi connectivity index (χ2n) is 3.28. The molecule has 1 aliphatic rings. The zero-order valence-corrected chi connectivity index (χ0v) is 10.6. The van der Waals surface area contributed by atoms with Gasteiger partial charge in [-0.2, -0.15) is 0 Å². The number of aryl methyl sites for hydroxylation is 1. The van der Waals surface area contributed by atoms with Crippen molar-refractivity contribution in [3.63, 3.8) is 0 Å². The van der Waals surface area contributed by atoms with Crippen LogP contribution >= 0.6 is 0 Å². The molecule has 0 fully saturated rings. The molecule has 4 nitrogen and oxygen atoms in total. The maximum atomic E-state index is 11.7. The van der Waals surface area contributed by atoms with Crippen LogP contribution in [0.5, 0.6) is 0 Å². The summed E-state index contributed by atoms with van der Waals surface area (Å²) in [4.78, 5) is 11.6. The first-order valence-corrected chi connectivity index (χ1v) is 6.52. The number of hydrogen-bond donors (Lipinski definition) is 0. The van der Waals surface area contributed by atoms with Crippen molar-refractivity contribution in [3.8, 4) is 0 Å². The van der Waals surface area contributed by atoms with Crippen LogP contribution in [0.25, 0.3) is 0 Å². The van der Waals surface area contributed by atoms with E-state index in [4.69, 9.17) is 0 Å². The molecule has 1 aliphatic heterocycles. The van der Waals surface area contributed by atoms with Gasteiger partial charge in [0.25, 0.3) is 15.9 Å². The Morgan fingerprint density at radius 3 is 2.31 bits per heavy atom. The molecule has 5 heteroatoms. The second kappa shape index (κ2) is 4.25. The Hall–Kier alpha value is -1.36. The minimum Gasteiger partial charge on any atom is -0.268 e. The van der Waals surface area contributed by atoms with Crippen molar-refractivity contribution in [3.05, 3.63) is 29.3 Å². The third-order valence-electron chi connectivity index (χ3n) is 2.29. The van der Waals surface area contributed by atoms with Crippen LogP contribution in [-0.2, 0) is 10.0 Å². The third kappa shape index (κ3) is 1.71. The molecule has 0 spiro atoms. The highest BCUT2D eigenvalue weighted by Crippen LogP contribution is 2.29. The number of hydrogen-bond acceptors (Lipinski definition) is 3. The van der Waals surface area contributed by atoms with E-state index >= 15 is 0 Å². The highest BCUT2D eigenvalue weighted by atomic mass is 32.2. The SMILES string of the molecule is CC.Cc1ccc2c(c1)S(=O)(=O)N(C)C2=O. The number of rotatable bonds is 0. The van der Waals surface area contributed by atoms with Gasteiger partial charge in [0.15, 0.2) is 0 Å². The van der Waals surface area contributed by atoms with Crippen molar-refractivity contribution in [1.29, 1.82) is 0 Å². The Kier molecular flexibility index (Phi) is 3.38. The number of carbonyl (C=O) groups excluding carboxylic acids is 1. The van der Waals surface area contributed by atoms with Crippen molar-refractivity contribution in [2.75, 3.05) is 7.05 Å². The molecule has 16 heavy (non-hydrogen) atoms. The summed E-state index contributed by atoms with van der Waals surface area (Å²) >= 11 is 0. The summed E-state index contributed by atoms with van der Waals surface area (Å²) in [6.45, 7) is 5.79. The number of benzene rings is 1. The Bertz CT molecular complexity index is 520. The molecule has 0 aromatic heterocycles. The normalized spacial score (nSPS) is 16.5. The van der Waals surface area contributed by atoms with E-state index in [2.05, 4.69) is 0 Å². The van der Waals surface area contributed by atoms with Crippen LogP contribution in [-0.4, -0.2) is 25.7 Å². The van der Waals surface area contributed by atoms with E-state index in [-0.39, 0.29) is 10.5 Å². The summed E-state index contributed by atoms with van der Waals surface area (Å²) in [5, 5.41) is 0. The van der Waals surface area contributed by atoms with E-state index in [0.29, 0.717) is 0 Å². The molecule has 1 amide bonds. The lowest BCUT2D eigenvalue weighted by molar-refractivity contribution is 0.0891. The second-order valence-corrected chi connectivity index (χ2v) is 5.21. The molecule has 0 atom stereocenters. The van der Waals surface area contributed by atoms with Gasteiger partial charge in [-0.3, -0.25) is 4.79 Å². The molecule has 0 N–H and O–H groups in total. The standard InChI is InChI=1S/C9H9NO3S.C2H6/c1-6-3-4-7-8(5-6)14(12,13)10(2)9(7)11;1-2/h3-5H,1-2H3;1-2H3. The van der Waals surface area contributed by atoms with E-state index in [1.54, 1.807) is 19.1 Å². The molecular weight excluding hydrogens is 226 g/mol. The maximum Gasteiger partial charge on any atom is 0.268 e. The highest BCUT2D eigenvalue weighted by molar-refractivity contribution is 7.90. The van der Waals surface area contributed by atoms with Gasteiger partial charge < -0.3 is 0 Å². The maximum absolute atomic E-state index is 11.7. The predicted octanol–water partition coefficient (Wildman–Crippen LogP) is 1.80. The smallest absolute Gasteiger partial charge is 0.268 e. The summed E-state index contributed by atoms with van der Waals surface area (Å²) in [7, 11) is -2.30. The first-order chi connectivity index (χ1) is 7.44. The molecule has 0 bridgehead atoms. The van der Waals surface area contributed by atoms with Gasteiger partial charge in [-0.15, -0.1) is 0 Å². The summed E-state index contributed by atoms with van der Waals surface area (Å²) in [6.07, 6.45) is 0. The number of sulfonamides is 1. The van der Waals surface area contributed by atoms with Gasteiger partial charge >= 0.3 is 0 Å². The van der Waals surface area contributed by atoms with Crippen LogP contribution in [0.4, 0.5) is 0 Å². The Balaban J connectivity index is 0.000000606. The van der Waals surface area contributed by atoms with E-state index < -0.39 is 15.9 Å². The fourth-order valence-electron chi connectivity index (χ4n) is 1.45. The average Bonchev–Trinajstić information content (AvgIpc) is 2.44. The monoisotopic (exact) mass is 241 g/mol. The molecule has 0 aliphatic carbocycles. The summed E-state index contributed by atoms with van der Waals surface area (Å²) in [6, 6.07) is 4.80. The lowest BCUT2D eigenvalue weighted by Crippen LogP contribution is -2.24. The van der Waals surface area contributed by atoms with Crippen LogP contribution in [0, 0.1) is 6.92 Å². The van der Waals surface area contributed by atoms with Crippen LogP contribution in [0.1, 0.15) is 29.8 Å². The fourth-order valence-corrected chi connectivity index (χ4v) is 2.83. The van der Waals surface area contributed by atoms with Crippen molar-refractivity contribution < 1.29 is 13.2 Å². The van der Waals surface area contributed by atoms with Crippen LogP contribution in [0.15, 0.2) is 23.1 Å². The average molecular weight is 241 g/mol. The molecular formula is C11H15NO3S. The number of amides is 1. The lowest BCUT2D eigenvalue weighted by atomic mass is 10.1. The van der Waals surface area contributed by atoms with Gasteiger partial charge in [0.1, 0.15) is 4.90 Å². The van der Waals surface area contributed by atoms with E-state index in [1.807, 2.05) is 13.8 Å². The Labute approximate surface area is 95.9 Å². The van der Waals surface area contributed by atoms with Crippen LogP contribution in [0.3, 0.4) is 0 Å². The fraction of sp³-hybridized carbons (Fsp3) is 0.364. The zero-order valence-electron chi connectivity index (χ0n) is 9.81. The van der Waals surface area contributed by atoms with Gasteiger partial charge in [-0.05, 0) is 24.6 Å². The number of fused-ring (bicyclic) bond motifs is 1. The largest absolute Gasteiger partial charge is 0.268 e. The molecule has 0 saturated carbocycles. The minimum atomic E-state index is -3.57. The van der Waals surface area contributed by atoms with Gasteiger partial charge in [0.05, 0.1) is 5.56 Å². The van der Waals surface area contributed by atoms with Gasteiger partial charge in [0.2, 0.25) is 0 Å². The molecule has 0 saturated heterocycles. The Morgan fingerprint density at radius 2 is 1.75 bits per heavy atom. The molecule has 88 valence electrons. The molecule has 2 rings (SSSR count). The van der Waals surface area contributed by atoms with Crippen molar-refractivity contribution in [2.45, 2.75) is 25.7 Å². The summed E-state index contributed by atoms with van der Waals surface area (Å²) in [5.74, 6) is -0.458. The van der Waals surface area contributed by atoms with Crippen LogP contribution in [0.2, 0.25) is 0 Å². The first kappa shape index (κ1) is 12.7. The Morgan fingerprint density at radius 1 is 1.19 bits per heavy atom. The quantitative estimate of drug-likeness (QED) is 0.696. The number of carbonyl (C=O) groups is 1.